The van der Waals surface area contributed by atoms with Crippen LogP contribution in [-0.2, 0) is 4.74 Å². The topological polar surface area (TPSA) is 33.0 Å². The fourth-order valence-corrected chi connectivity index (χ4v) is 3.09. The van der Waals surface area contributed by atoms with Gasteiger partial charge in [0.25, 0.3) is 0 Å². The summed E-state index contributed by atoms with van der Waals surface area (Å²) in [5, 5.41) is 8.56. The Morgan fingerprint density at radius 2 is 2.15 bits per heavy atom. The molecule has 1 aliphatic heterocycles. The second-order valence-electron chi connectivity index (χ2n) is 5.34. The molecule has 1 saturated carbocycles. The van der Waals surface area contributed by atoms with Gasteiger partial charge in [-0.1, -0.05) is 13.8 Å². The largest absolute Gasteiger partial charge is 0.371 e. The van der Waals surface area contributed by atoms with Crippen molar-refractivity contribution < 1.29 is 4.74 Å². The summed E-state index contributed by atoms with van der Waals surface area (Å²) in [6.07, 6.45) is 5.42. The van der Waals surface area contributed by atoms with Crippen LogP contribution in [0.2, 0.25) is 0 Å². The van der Waals surface area contributed by atoms with Crippen LogP contribution in [0, 0.1) is 16.7 Å². The van der Waals surface area contributed by atoms with E-state index in [2.05, 4.69) is 19.9 Å². The molecule has 1 atom stereocenters. The first-order valence-corrected chi connectivity index (χ1v) is 5.10. The van der Waals surface area contributed by atoms with Gasteiger partial charge in [0.15, 0.2) is 0 Å². The molecule has 1 aliphatic carbocycles. The molecule has 1 unspecified atom stereocenters. The Kier molecular flexibility index (Phi) is 1.89. The SMILES string of the molecule is CC1(C)CC2(CCC(CC#N)O2)C1. The van der Waals surface area contributed by atoms with Gasteiger partial charge in [0, 0.05) is 0 Å². The molecule has 0 aromatic heterocycles. The Bertz CT molecular complexity index is 243. The van der Waals surface area contributed by atoms with Gasteiger partial charge in [-0.3, -0.25) is 0 Å². The van der Waals surface area contributed by atoms with Gasteiger partial charge in [0.2, 0.25) is 0 Å². The van der Waals surface area contributed by atoms with Gasteiger partial charge in [0.05, 0.1) is 24.2 Å². The second-order valence-corrected chi connectivity index (χ2v) is 5.34. The lowest BCUT2D eigenvalue weighted by Gasteiger charge is -2.50. The van der Waals surface area contributed by atoms with E-state index in [0.29, 0.717) is 11.8 Å². The Labute approximate surface area is 79.9 Å². The zero-order valence-corrected chi connectivity index (χ0v) is 8.47. The summed E-state index contributed by atoms with van der Waals surface area (Å²) in [7, 11) is 0. The van der Waals surface area contributed by atoms with E-state index < -0.39 is 0 Å². The molecule has 2 fully saturated rings. The number of nitriles is 1. The number of nitrogens with zero attached hydrogens (tertiary/aromatic N) is 1. The maximum atomic E-state index is 8.56. The van der Waals surface area contributed by atoms with Gasteiger partial charge in [0.1, 0.15) is 0 Å². The molecule has 0 bridgehead atoms. The third kappa shape index (κ3) is 1.58. The summed E-state index contributed by atoms with van der Waals surface area (Å²) < 4.78 is 5.94. The average molecular weight is 179 g/mol. The third-order valence-electron chi connectivity index (χ3n) is 3.26. The smallest absolute Gasteiger partial charge is 0.0713 e. The first-order chi connectivity index (χ1) is 6.05. The summed E-state index contributed by atoms with van der Waals surface area (Å²) in [4.78, 5) is 0. The number of rotatable bonds is 1. The lowest BCUT2D eigenvalue weighted by molar-refractivity contribution is -0.147. The normalized spacial score (nSPS) is 34.1. The summed E-state index contributed by atoms with van der Waals surface area (Å²) >= 11 is 0. The molecule has 2 rings (SSSR count). The molecule has 0 radical (unpaired) electrons. The van der Waals surface area contributed by atoms with Crippen LogP contribution in [0.4, 0.5) is 0 Å². The zero-order chi connectivity index (χ0) is 9.53. The van der Waals surface area contributed by atoms with E-state index >= 15 is 0 Å². The fourth-order valence-electron chi connectivity index (χ4n) is 3.09. The van der Waals surface area contributed by atoms with Crippen molar-refractivity contribution in [2.75, 3.05) is 0 Å². The van der Waals surface area contributed by atoms with Crippen molar-refractivity contribution in [3.63, 3.8) is 0 Å². The van der Waals surface area contributed by atoms with Crippen molar-refractivity contribution in [2.45, 2.75) is 57.7 Å². The van der Waals surface area contributed by atoms with Gasteiger partial charge in [-0.15, -0.1) is 0 Å². The van der Waals surface area contributed by atoms with Gasteiger partial charge < -0.3 is 4.74 Å². The van der Waals surface area contributed by atoms with Crippen molar-refractivity contribution in [1.82, 2.24) is 0 Å². The fraction of sp³-hybridized carbons (Fsp3) is 0.909. The quantitative estimate of drug-likeness (QED) is 0.620. The molecule has 2 heteroatoms. The molecule has 0 aromatic rings. The number of hydrogen-bond acceptors (Lipinski definition) is 2. The molecule has 0 N–H and O–H groups in total. The minimum atomic E-state index is 0.172. The van der Waals surface area contributed by atoms with Crippen molar-refractivity contribution >= 4 is 0 Å². The van der Waals surface area contributed by atoms with E-state index in [4.69, 9.17) is 10.00 Å². The molecule has 2 aliphatic rings. The van der Waals surface area contributed by atoms with Crippen LogP contribution in [0.15, 0.2) is 0 Å². The van der Waals surface area contributed by atoms with Crippen molar-refractivity contribution in [3.8, 4) is 6.07 Å². The highest BCUT2D eigenvalue weighted by Gasteiger charge is 2.53. The van der Waals surface area contributed by atoms with Crippen LogP contribution >= 0.6 is 0 Å². The third-order valence-corrected chi connectivity index (χ3v) is 3.26. The first-order valence-electron chi connectivity index (χ1n) is 5.10. The predicted octanol–water partition coefficient (Wildman–Crippen LogP) is 2.64. The van der Waals surface area contributed by atoms with Crippen molar-refractivity contribution in [1.29, 1.82) is 5.26 Å². The average Bonchev–Trinajstić information content (AvgIpc) is 2.31. The standard InChI is InChI=1S/C11H17NO/c1-10(2)7-11(8-10)5-3-9(13-11)4-6-12/h9H,3-5,7-8H2,1-2H3. The van der Waals surface area contributed by atoms with E-state index in [-0.39, 0.29) is 11.7 Å². The minimum absolute atomic E-state index is 0.172. The summed E-state index contributed by atoms with van der Waals surface area (Å²) in [6.45, 7) is 4.58. The highest BCUT2D eigenvalue weighted by Crippen LogP contribution is 2.55. The van der Waals surface area contributed by atoms with Gasteiger partial charge in [-0.05, 0) is 31.1 Å². The van der Waals surface area contributed by atoms with E-state index in [1.165, 1.54) is 19.3 Å². The second kappa shape index (κ2) is 2.72. The summed E-state index contributed by atoms with van der Waals surface area (Å²) in [5.74, 6) is 0. The number of hydrogen-bond donors (Lipinski definition) is 0. The Morgan fingerprint density at radius 3 is 2.69 bits per heavy atom. The molecule has 72 valence electrons. The van der Waals surface area contributed by atoms with Crippen LogP contribution in [0.25, 0.3) is 0 Å². The van der Waals surface area contributed by atoms with Crippen LogP contribution in [-0.4, -0.2) is 11.7 Å². The minimum Gasteiger partial charge on any atom is -0.371 e. The van der Waals surface area contributed by atoms with Crippen LogP contribution in [0.1, 0.15) is 46.0 Å². The van der Waals surface area contributed by atoms with Crippen LogP contribution in [0.5, 0.6) is 0 Å². The monoisotopic (exact) mass is 179 g/mol. The van der Waals surface area contributed by atoms with Crippen molar-refractivity contribution in [3.05, 3.63) is 0 Å². The van der Waals surface area contributed by atoms with Crippen molar-refractivity contribution in [2.24, 2.45) is 5.41 Å². The molecular weight excluding hydrogens is 162 g/mol. The molecule has 1 saturated heterocycles. The Morgan fingerprint density at radius 1 is 1.46 bits per heavy atom. The highest BCUT2D eigenvalue weighted by atomic mass is 16.5. The van der Waals surface area contributed by atoms with E-state index in [1.54, 1.807) is 0 Å². The molecule has 1 heterocycles. The Balaban J connectivity index is 1.90. The van der Waals surface area contributed by atoms with E-state index in [9.17, 15) is 0 Å². The zero-order valence-electron chi connectivity index (χ0n) is 8.47. The summed E-state index contributed by atoms with van der Waals surface area (Å²) in [6, 6.07) is 2.19. The molecule has 13 heavy (non-hydrogen) atoms. The highest BCUT2D eigenvalue weighted by molar-refractivity contribution is 5.05. The summed E-state index contributed by atoms with van der Waals surface area (Å²) in [5.41, 5.74) is 0.645. The van der Waals surface area contributed by atoms with Crippen LogP contribution in [0.3, 0.4) is 0 Å². The van der Waals surface area contributed by atoms with Gasteiger partial charge >= 0.3 is 0 Å². The lowest BCUT2D eigenvalue weighted by atomic mass is 9.60. The van der Waals surface area contributed by atoms with E-state index in [0.717, 1.165) is 6.42 Å². The molecular formula is C11H17NO. The first kappa shape index (κ1) is 9.02. The number of ether oxygens (including phenoxy) is 1. The van der Waals surface area contributed by atoms with E-state index in [1.807, 2.05) is 0 Å². The molecule has 0 amide bonds. The van der Waals surface area contributed by atoms with Crippen LogP contribution < -0.4 is 0 Å². The maximum Gasteiger partial charge on any atom is 0.0713 e. The van der Waals surface area contributed by atoms with Gasteiger partial charge in [-0.25, -0.2) is 0 Å². The molecule has 0 aromatic carbocycles. The van der Waals surface area contributed by atoms with Gasteiger partial charge in [-0.2, -0.15) is 5.26 Å². The molecule has 2 nitrogen and oxygen atoms in total. The Hall–Kier alpha value is -0.550. The predicted molar refractivity (Wildman–Crippen MR) is 50.1 cm³/mol. The lowest BCUT2D eigenvalue weighted by Crippen LogP contribution is -2.48. The maximum absolute atomic E-state index is 8.56. The molecule has 1 spiro atoms.